The van der Waals surface area contributed by atoms with E-state index < -0.39 is 5.97 Å². The SMILES string of the molecule is CC(C)(CCNCC1(CC#N)CC1)CCC(=O)O. The molecule has 0 aromatic rings. The molecule has 102 valence electrons. The zero-order valence-electron chi connectivity index (χ0n) is 11.5. The number of carboxylic acid groups (broad SMARTS) is 1. The lowest BCUT2D eigenvalue weighted by Gasteiger charge is -2.24. The topological polar surface area (TPSA) is 73.1 Å². The third kappa shape index (κ3) is 5.50. The van der Waals surface area contributed by atoms with E-state index in [-0.39, 0.29) is 17.3 Å². The van der Waals surface area contributed by atoms with Crippen LogP contribution in [0.5, 0.6) is 0 Å². The second kappa shape index (κ2) is 6.19. The van der Waals surface area contributed by atoms with Crippen LogP contribution in [0.15, 0.2) is 0 Å². The molecule has 0 unspecified atom stereocenters. The Labute approximate surface area is 109 Å². The standard InChI is InChI=1S/C14H24N2O2/c1-13(2,4-3-12(17)18)8-10-16-11-14(5-6-14)7-9-15/h16H,3-8,10-11H2,1-2H3,(H,17,18). The van der Waals surface area contributed by atoms with Crippen molar-refractivity contribution < 1.29 is 9.90 Å². The normalized spacial score (nSPS) is 17.2. The molecule has 0 radical (unpaired) electrons. The second-order valence-corrected chi connectivity index (χ2v) is 6.32. The number of nitriles is 1. The van der Waals surface area contributed by atoms with Crippen molar-refractivity contribution in [3.05, 3.63) is 0 Å². The van der Waals surface area contributed by atoms with E-state index >= 15 is 0 Å². The van der Waals surface area contributed by atoms with Crippen molar-refractivity contribution in [2.75, 3.05) is 13.1 Å². The van der Waals surface area contributed by atoms with Crippen molar-refractivity contribution in [3.63, 3.8) is 0 Å². The Morgan fingerprint density at radius 2 is 2.11 bits per heavy atom. The van der Waals surface area contributed by atoms with Crippen molar-refractivity contribution in [1.29, 1.82) is 5.26 Å². The van der Waals surface area contributed by atoms with E-state index in [0.717, 1.165) is 32.4 Å². The van der Waals surface area contributed by atoms with Gasteiger partial charge < -0.3 is 10.4 Å². The minimum absolute atomic E-state index is 0.0668. The smallest absolute Gasteiger partial charge is 0.303 e. The minimum atomic E-state index is -0.720. The molecule has 1 fully saturated rings. The Morgan fingerprint density at radius 1 is 1.44 bits per heavy atom. The van der Waals surface area contributed by atoms with Gasteiger partial charge in [-0.3, -0.25) is 4.79 Å². The first-order valence-corrected chi connectivity index (χ1v) is 6.69. The predicted octanol–water partition coefficient (Wildman–Crippen LogP) is 2.55. The molecule has 0 saturated heterocycles. The van der Waals surface area contributed by atoms with Crippen molar-refractivity contribution in [3.8, 4) is 6.07 Å². The summed E-state index contributed by atoms with van der Waals surface area (Å²) in [6, 6.07) is 2.26. The molecule has 0 aromatic heterocycles. The molecule has 0 amide bonds. The number of aliphatic carboxylic acids is 1. The fraction of sp³-hybridized carbons (Fsp3) is 0.857. The summed E-state index contributed by atoms with van der Waals surface area (Å²) in [5.74, 6) is -0.720. The van der Waals surface area contributed by atoms with E-state index in [1.54, 1.807) is 0 Å². The third-order valence-electron chi connectivity index (χ3n) is 3.91. The largest absolute Gasteiger partial charge is 0.481 e. The lowest BCUT2D eigenvalue weighted by Crippen LogP contribution is -2.28. The highest BCUT2D eigenvalue weighted by molar-refractivity contribution is 5.66. The van der Waals surface area contributed by atoms with E-state index in [2.05, 4.69) is 25.2 Å². The van der Waals surface area contributed by atoms with Crippen LogP contribution in [0.2, 0.25) is 0 Å². The lowest BCUT2D eigenvalue weighted by molar-refractivity contribution is -0.137. The monoisotopic (exact) mass is 252 g/mol. The van der Waals surface area contributed by atoms with Gasteiger partial charge in [0.05, 0.1) is 6.07 Å². The fourth-order valence-electron chi connectivity index (χ4n) is 2.11. The van der Waals surface area contributed by atoms with Crippen LogP contribution in [0.3, 0.4) is 0 Å². The summed E-state index contributed by atoms with van der Waals surface area (Å²) in [5.41, 5.74) is 0.317. The Bertz CT molecular complexity index is 327. The number of nitrogens with zero attached hydrogens (tertiary/aromatic N) is 1. The van der Waals surface area contributed by atoms with E-state index in [1.165, 1.54) is 0 Å². The van der Waals surface area contributed by atoms with Crippen LogP contribution < -0.4 is 5.32 Å². The van der Waals surface area contributed by atoms with Crippen molar-refractivity contribution in [2.24, 2.45) is 10.8 Å². The highest BCUT2D eigenvalue weighted by Crippen LogP contribution is 2.47. The summed E-state index contributed by atoms with van der Waals surface area (Å²) in [4.78, 5) is 10.5. The molecule has 18 heavy (non-hydrogen) atoms. The summed E-state index contributed by atoms with van der Waals surface area (Å²) in [6.45, 7) is 6.05. The van der Waals surface area contributed by atoms with Crippen molar-refractivity contribution in [1.82, 2.24) is 5.32 Å². The van der Waals surface area contributed by atoms with Gasteiger partial charge in [0.15, 0.2) is 0 Å². The third-order valence-corrected chi connectivity index (χ3v) is 3.91. The average Bonchev–Trinajstić information content (AvgIpc) is 3.03. The first-order chi connectivity index (χ1) is 8.39. The Kier molecular flexibility index (Phi) is 5.15. The molecule has 0 aromatic carbocycles. The summed E-state index contributed by atoms with van der Waals surface area (Å²) in [5, 5.41) is 20.8. The molecule has 1 saturated carbocycles. The summed E-state index contributed by atoms with van der Waals surface area (Å²) >= 11 is 0. The van der Waals surface area contributed by atoms with Gasteiger partial charge in [-0.05, 0) is 43.1 Å². The van der Waals surface area contributed by atoms with Gasteiger partial charge in [-0.25, -0.2) is 0 Å². The van der Waals surface area contributed by atoms with Gasteiger partial charge in [-0.15, -0.1) is 0 Å². The van der Waals surface area contributed by atoms with Crippen LogP contribution >= 0.6 is 0 Å². The average molecular weight is 252 g/mol. The number of carbonyl (C=O) groups is 1. The molecule has 2 N–H and O–H groups in total. The van der Waals surface area contributed by atoms with E-state index in [1.807, 2.05) is 0 Å². The molecule has 1 rings (SSSR count). The van der Waals surface area contributed by atoms with Gasteiger partial charge in [-0.2, -0.15) is 5.26 Å². The number of nitrogens with one attached hydrogen (secondary N) is 1. The lowest BCUT2D eigenvalue weighted by atomic mass is 9.84. The van der Waals surface area contributed by atoms with Crippen LogP contribution in [0.1, 0.15) is 52.4 Å². The summed E-state index contributed by atoms with van der Waals surface area (Å²) in [7, 11) is 0. The molecular formula is C14H24N2O2. The molecule has 0 heterocycles. The Morgan fingerprint density at radius 3 is 2.61 bits per heavy atom. The number of hydrogen-bond donors (Lipinski definition) is 2. The highest BCUT2D eigenvalue weighted by atomic mass is 16.4. The van der Waals surface area contributed by atoms with E-state index in [9.17, 15) is 4.79 Å². The van der Waals surface area contributed by atoms with Crippen LogP contribution in [-0.4, -0.2) is 24.2 Å². The molecule has 1 aliphatic rings. The van der Waals surface area contributed by atoms with Crippen LogP contribution in [0.4, 0.5) is 0 Å². The van der Waals surface area contributed by atoms with Crippen molar-refractivity contribution >= 4 is 5.97 Å². The number of rotatable bonds is 9. The van der Waals surface area contributed by atoms with Crippen LogP contribution in [-0.2, 0) is 4.79 Å². The Hall–Kier alpha value is -1.08. The van der Waals surface area contributed by atoms with Gasteiger partial charge in [0.25, 0.3) is 0 Å². The maximum absolute atomic E-state index is 10.5. The molecular weight excluding hydrogens is 228 g/mol. The first kappa shape index (κ1) is 15.0. The minimum Gasteiger partial charge on any atom is -0.481 e. The van der Waals surface area contributed by atoms with Gasteiger partial charge in [0.2, 0.25) is 0 Å². The van der Waals surface area contributed by atoms with E-state index in [4.69, 9.17) is 10.4 Å². The first-order valence-electron chi connectivity index (χ1n) is 6.69. The maximum Gasteiger partial charge on any atom is 0.303 e. The van der Waals surface area contributed by atoms with Crippen LogP contribution in [0, 0.1) is 22.2 Å². The van der Waals surface area contributed by atoms with E-state index in [0.29, 0.717) is 12.8 Å². The van der Waals surface area contributed by atoms with Crippen molar-refractivity contribution in [2.45, 2.75) is 52.4 Å². The molecule has 1 aliphatic carbocycles. The molecule has 4 nitrogen and oxygen atoms in total. The second-order valence-electron chi connectivity index (χ2n) is 6.32. The molecule has 0 aliphatic heterocycles. The number of hydrogen-bond acceptors (Lipinski definition) is 3. The van der Waals surface area contributed by atoms with Gasteiger partial charge in [0.1, 0.15) is 0 Å². The van der Waals surface area contributed by atoms with Crippen LogP contribution in [0.25, 0.3) is 0 Å². The molecule has 0 atom stereocenters. The zero-order chi connectivity index (χ0) is 13.6. The fourth-order valence-corrected chi connectivity index (χ4v) is 2.11. The molecule has 0 bridgehead atoms. The zero-order valence-corrected chi connectivity index (χ0v) is 11.5. The highest BCUT2D eigenvalue weighted by Gasteiger charge is 2.41. The quantitative estimate of drug-likeness (QED) is 0.618. The predicted molar refractivity (Wildman–Crippen MR) is 70.0 cm³/mol. The molecule has 4 heteroatoms. The van der Waals surface area contributed by atoms with Gasteiger partial charge in [-0.1, -0.05) is 13.8 Å². The summed E-state index contributed by atoms with van der Waals surface area (Å²) < 4.78 is 0. The summed E-state index contributed by atoms with van der Waals surface area (Å²) in [6.07, 6.45) is 4.91. The maximum atomic E-state index is 10.5. The van der Waals surface area contributed by atoms with Gasteiger partial charge >= 0.3 is 5.97 Å². The number of carboxylic acids is 1. The Balaban J connectivity index is 2.13. The van der Waals surface area contributed by atoms with Gasteiger partial charge in [0, 0.05) is 19.4 Å². The molecule has 0 spiro atoms.